The average molecular weight is 224 g/mol. The van der Waals surface area contributed by atoms with Crippen molar-refractivity contribution in [2.45, 2.75) is 13.3 Å². The van der Waals surface area contributed by atoms with Gasteiger partial charge in [-0.05, 0) is 30.7 Å². The second-order valence-corrected chi connectivity index (χ2v) is 3.67. The Balaban J connectivity index is 2.21. The van der Waals surface area contributed by atoms with Gasteiger partial charge in [-0.25, -0.2) is 9.79 Å². The highest BCUT2D eigenvalue weighted by Gasteiger charge is 2.21. The third-order valence-electron chi connectivity index (χ3n) is 2.17. The standard InChI is InChI=1S/C11H10ClNO2/c1-2-15-11(14)10-6-7-5-8(12)3-4-9(7)13-10/h3-5H,2,6H2,1H3. The van der Waals surface area contributed by atoms with Crippen LogP contribution in [0.1, 0.15) is 12.5 Å². The van der Waals surface area contributed by atoms with Gasteiger partial charge in [-0.15, -0.1) is 0 Å². The number of fused-ring (bicyclic) bond motifs is 1. The second kappa shape index (κ2) is 4.03. The van der Waals surface area contributed by atoms with E-state index in [1.165, 1.54) is 0 Å². The first-order valence-electron chi connectivity index (χ1n) is 4.74. The molecule has 1 heterocycles. The number of aliphatic imine (C=N–C) groups is 1. The summed E-state index contributed by atoms with van der Waals surface area (Å²) >= 11 is 5.84. The number of esters is 1. The number of halogens is 1. The summed E-state index contributed by atoms with van der Waals surface area (Å²) < 4.78 is 4.88. The summed E-state index contributed by atoms with van der Waals surface area (Å²) in [4.78, 5) is 15.6. The third-order valence-corrected chi connectivity index (χ3v) is 2.40. The lowest BCUT2D eigenvalue weighted by Gasteiger charge is -1.99. The van der Waals surface area contributed by atoms with Gasteiger partial charge in [0, 0.05) is 11.4 Å². The zero-order chi connectivity index (χ0) is 10.8. The molecule has 78 valence electrons. The molecule has 0 aromatic heterocycles. The van der Waals surface area contributed by atoms with Crippen molar-refractivity contribution in [2.24, 2.45) is 4.99 Å². The van der Waals surface area contributed by atoms with E-state index in [2.05, 4.69) is 4.99 Å². The topological polar surface area (TPSA) is 38.7 Å². The Morgan fingerprint density at radius 2 is 2.40 bits per heavy atom. The first-order chi connectivity index (χ1) is 7.20. The third kappa shape index (κ3) is 2.02. The monoisotopic (exact) mass is 223 g/mol. The van der Waals surface area contributed by atoms with Crippen LogP contribution in [0.2, 0.25) is 5.02 Å². The van der Waals surface area contributed by atoms with Crippen molar-refractivity contribution in [2.75, 3.05) is 6.61 Å². The van der Waals surface area contributed by atoms with Gasteiger partial charge < -0.3 is 4.74 Å². The Morgan fingerprint density at radius 1 is 1.60 bits per heavy atom. The van der Waals surface area contributed by atoms with Crippen molar-refractivity contribution < 1.29 is 9.53 Å². The molecule has 0 aliphatic carbocycles. The molecule has 0 bridgehead atoms. The van der Waals surface area contributed by atoms with Crippen LogP contribution in [0.4, 0.5) is 5.69 Å². The molecular weight excluding hydrogens is 214 g/mol. The van der Waals surface area contributed by atoms with Gasteiger partial charge in [0.25, 0.3) is 0 Å². The first-order valence-corrected chi connectivity index (χ1v) is 5.11. The van der Waals surface area contributed by atoms with E-state index in [9.17, 15) is 4.79 Å². The summed E-state index contributed by atoms with van der Waals surface area (Å²) in [6.45, 7) is 2.15. The average Bonchev–Trinajstić information content (AvgIpc) is 2.60. The molecule has 1 aromatic rings. The number of nitrogens with zero attached hydrogens (tertiary/aromatic N) is 1. The van der Waals surface area contributed by atoms with Crippen molar-refractivity contribution in [1.29, 1.82) is 0 Å². The van der Waals surface area contributed by atoms with E-state index in [4.69, 9.17) is 16.3 Å². The van der Waals surface area contributed by atoms with Crippen molar-refractivity contribution in [1.82, 2.24) is 0 Å². The van der Waals surface area contributed by atoms with E-state index < -0.39 is 0 Å². The number of rotatable bonds is 2. The highest BCUT2D eigenvalue weighted by molar-refractivity contribution is 6.38. The molecule has 3 nitrogen and oxygen atoms in total. The van der Waals surface area contributed by atoms with Gasteiger partial charge in [0.1, 0.15) is 5.71 Å². The molecular formula is C11H10ClNO2. The van der Waals surface area contributed by atoms with Gasteiger partial charge in [0.2, 0.25) is 0 Å². The van der Waals surface area contributed by atoms with E-state index in [0.717, 1.165) is 11.3 Å². The molecule has 4 heteroatoms. The fourth-order valence-electron chi connectivity index (χ4n) is 1.50. The van der Waals surface area contributed by atoms with Gasteiger partial charge in [0.15, 0.2) is 0 Å². The van der Waals surface area contributed by atoms with E-state index in [1.54, 1.807) is 13.0 Å². The summed E-state index contributed by atoms with van der Waals surface area (Å²) in [7, 11) is 0. The molecule has 0 saturated heterocycles. The van der Waals surface area contributed by atoms with Crippen LogP contribution in [0.5, 0.6) is 0 Å². The van der Waals surface area contributed by atoms with Crippen LogP contribution in [-0.2, 0) is 16.0 Å². The van der Waals surface area contributed by atoms with Crippen LogP contribution in [0.25, 0.3) is 0 Å². The van der Waals surface area contributed by atoms with Gasteiger partial charge in [-0.1, -0.05) is 11.6 Å². The minimum Gasteiger partial charge on any atom is -0.461 e. The quantitative estimate of drug-likeness (QED) is 0.723. The van der Waals surface area contributed by atoms with Crippen molar-refractivity contribution in [3.05, 3.63) is 28.8 Å². The zero-order valence-corrected chi connectivity index (χ0v) is 9.04. The SMILES string of the molecule is CCOC(=O)C1=Nc2ccc(Cl)cc2C1. The largest absolute Gasteiger partial charge is 0.461 e. The Morgan fingerprint density at radius 3 is 3.13 bits per heavy atom. The summed E-state index contributed by atoms with van der Waals surface area (Å²) in [5.74, 6) is -0.343. The maximum atomic E-state index is 11.4. The number of benzene rings is 1. The number of hydrogen-bond acceptors (Lipinski definition) is 3. The van der Waals surface area contributed by atoms with Crippen LogP contribution in [0.15, 0.2) is 23.2 Å². The van der Waals surface area contributed by atoms with E-state index in [-0.39, 0.29) is 5.97 Å². The molecule has 0 radical (unpaired) electrons. The fraction of sp³-hybridized carbons (Fsp3) is 0.273. The minimum atomic E-state index is -0.343. The van der Waals surface area contributed by atoms with E-state index in [1.807, 2.05) is 12.1 Å². The molecule has 0 spiro atoms. The molecule has 15 heavy (non-hydrogen) atoms. The Bertz CT molecular complexity index is 440. The normalized spacial score (nSPS) is 13.3. The summed E-state index contributed by atoms with van der Waals surface area (Å²) in [5.41, 5.74) is 2.24. The Kier molecular flexibility index (Phi) is 2.73. The zero-order valence-electron chi connectivity index (χ0n) is 8.29. The minimum absolute atomic E-state index is 0.343. The summed E-state index contributed by atoms with van der Waals surface area (Å²) in [6.07, 6.45) is 0.509. The molecule has 0 atom stereocenters. The predicted molar refractivity (Wildman–Crippen MR) is 58.9 cm³/mol. The lowest BCUT2D eigenvalue weighted by Crippen LogP contribution is -2.17. The summed E-state index contributed by atoms with van der Waals surface area (Å²) in [5, 5.41) is 0.661. The molecule has 1 aliphatic rings. The first kappa shape index (κ1) is 10.2. The highest BCUT2D eigenvalue weighted by atomic mass is 35.5. The van der Waals surface area contributed by atoms with Crippen molar-refractivity contribution in [3.63, 3.8) is 0 Å². The molecule has 0 unspecified atom stereocenters. The maximum absolute atomic E-state index is 11.4. The lowest BCUT2D eigenvalue weighted by atomic mass is 10.1. The van der Waals surface area contributed by atoms with E-state index in [0.29, 0.717) is 23.8 Å². The van der Waals surface area contributed by atoms with Gasteiger partial charge in [-0.2, -0.15) is 0 Å². The molecule has 0 N–H and O–H groups in total. The van der Waals surface area contributed by atoms with Crippen LogP contribution in [0, 0.1) is 0 Å². The van der Waals surface area contributed by atoms with Crippen LogP contribution in [0.3, 0.4) is 0 Å². The highest BCUT2D eigenvalue weighted by Crippen LogP contribution is 2.29. The van der Waals surface area contributed by atoms with Gasteiger partial charge >= 0.3 is 5.97 Å². The number of ether oxygens (including phenoxy) is 1. The Hall–Kier alpha value is -1.35. The summed E-state index contributed by atoms with van der Waals surface area (Å²) in [6, 6.07) is 5.40. The smallest absolute Gasteiger partial charge is 0.353 e. The predicted octanol–water partition coefficient (Wildman–Crippen LogP) is 2.53. The lowest BCUT2D eigenvalue weighted by molar-refractivity contribution is -0.135. The van der Waals surface area contributed by atoms with Crippen LogP contribution < -0.4 is 0 Å². The maximum Gasteiger partial charge on any atom is 0.353 e. The van der Waals surface area contributed by atoms with Crippen LogP contribution >= 0.6 is 11.6 Å². The number of hydrogen-bond donors (Lipinski definition) is 0. The van der Waals surface area contributed by atoms with E-state index >= 15 is 0 Å². The molecule has 1 aliphatic heterocycles. The number of carbonyl (C=O) groups is 1. The fourth-order valence-corrected chi connectivity index (χ4v) is 1.70. The Labute approximate surface area is 92.7 Å². The number of carbonyl (C=O) groups excluding carboxylic acids is 1. The van der Waals surface area contributed by atoms with Crippen molar-refractivity contribution in [3.8, 4) is 0 Å². The molecule has 0 amide bonds. The molecule has 0 saturated carbocycles. The van der Waals surface area contributed by atoms with Crippen LogP contribution in [-0.4, -0.2) is 18.3 Å². The molecule has 2 rings (SSSR count). The van der Waals surface area contributed by atoms with Gasteiger partial charge in [-0.3, -0.25) is 0 Å². The van der Waals surface area contributed by atoms with Gasteiger partial charge in [0.05, 0.1) is 12.3 Å². The second-order valence-electron chi connectivity index (χ2n) is 3.23. The molecule has 1 aromatic carbocycles. The molecule has 0 fully saturated rings. The van der Waals surface area contributed by atoms with Crippen molar-refractivity contribution >= 4 is 29.0 Å².